The fourth-order valence-corrected chi connectivity index (χ4v) is 6.95. The molecule has 1 saturated heterocycles. The Morgan fingerprint density at radius 3 is 2.86 bits per heavy atom. The zero-order valence-electron chi connectivity index (χ0n) is 23.5. The van der Waals surface area contributed by atoms with E-state index in [9.17, 15) is 9.18 Å². The van der Waals surface area contributed by atoms with Crippen molar-refractivity contribution in [1.82, 2.24) is 14.5 Å². The molecular formula is C32H29ClFN3O5S. The second-order valence-corrected chi connectivity index (χ2v) is 12.4. The Hall–Kier alpha value is -3.73. The maximum Gasteiger partial charge on any atom is 0.348 e. The van der Waals surface area contributed by atoms with Crippen LogP contribution < -0.4 is 4.74 Å². The standard InChI is InChI=1S/C32H29ClFN3O5S/c1-39-32(38)26-15-25-31(43-26)36-28(37(25)16-21-11-12-40-21)13-18-5-7-19(8-6-18)24-3-2-4-29(35-24)41-17-20-9-10-23(33)22-14-27(34)42-30(20)22/h2-4,7,9-10,14-15,18,21H,5-6,8,11-13,16-17H2,1H3/t18?,21-/m0/s1. The van der Waals surface area contributed by atoms with Gasteiger partial charge in [-0.05, 0) is 55.4 Å². The highest BCUT2D eigenvalue weighted by Gasteiger charge is 2.26. The highest BCUT2D eigenvalue weighted by molar-refractivity contribution is 7.20. The zero-order valence-corrected chi connectivity index (χ0v) is 25.0. The molecule has 1 fully saturated rings. The number of carbonyl (C=O) groups is 1. The molecule has 2 atom stereocenters. The van der Waals surface area contributed by atoms with Gasteiger partial charge in [0.2, 0.25) is 5.88 Å². The largest absolute Gasteiger partial charge is 0.473 e. The first-order chi connectivity index (χ1) is 20.9. The first-order valence-electron chi connectivity index (χ1n) is 14.3. The minimum absolute atomic E-state index is 0.176. The normalized spacial score (nSPS) is 18.5. The molecule has 8 nitrogen and oxygen atoms in total. The Bertz CT molecular complexity index is 1860. The molecule has 222 valence electrons. The Morgan fingerprint density at radius 1 is 1.21 bits per heavy atom. The quantitative estimate of drug-likeness (QED) is 0.156. The summed E-state index contributed by atoms with van der Waals surface area (Å²) >= 11 is 7.56. The topological polar surface area (TPSA) is 88.6 Å². The van der Waals surface area contributed by atoms with Crippen molar-refractivity contribution in [1.29, 1.82) is 0 Å². The number of ether oxygens (including phenoxy) is 3. The van der Waals surface area contributed by atoms with Gasteiger partial charge < -0.3 is 23.2 Å². The number of furan rings is 1. The van der Waals surface area contributed by atoms with E-state index in [0.29, 0.717) is 38.2 Å². The van der Waals surface area contributed by atoms with Crippen LogP contribution in [0.4, 0.5) is 4.39 Å². The minimum Gasteiger partial charge on any atom is -0.473 e. The van der Waals surface area contributed by atoms with E-state index in [-0.39, 0.29) is 18.7 Å². The van der Waals surface area contributed by atoms with Gasteiger partial charge in [0.25, 0.3) is 6.01 Å². The summed E-state index contributed by atoms with van der Waals surface area (Å²) in [4.78, 5) is 23.2. The van der Waals surface area contributed by atoms with E-state index in [4.69, 9.17) is 40.2 Å². The van der Waals surface area contributed by atoms with Crippen LogP contribution in [0.1, 0.15) is 52.4 Å². The summed E-state index contributed by atoms with van der Waals surface area (Å²) in [6, 6.07) is 11.7. The van der Waals surface area contributed by atoms with E-state index in [0.717, 1.165) is 67.1 Å². The van der Waals surface area contributed by atoms with Crippen molar-refractivity contribution in [3.8, 4) is 5.88 Å². The van der Waals surface area contributed by atoms with Gasteiger partial charge >= 0.3 is 5.97 Å². The number of fused-ring (bicyclic) bond motifs is 2. The Balaban J connectivity index is 1.04. The Labute approximate surface area is 256 Å². The van der Waals surface area contributed by atoms with Gasteiger partial charge in [-0.2, -0.15) is 4.39 Å². The number of thiophene rings is 1. The van der Waals surface area contributed by atoms with Crippen molar-refractivity contribution in [2.24, 2.45) is 5.92 Å². The first kappa shape index (κ1) is 28.1. The number of imidazole rings is 1. The van der Waals surface area contributed by atoms with Gasteiger partial charge in [0.15, 0.2) is 0 Å². The summed E-state index contributed by atoms with van der Waals surface area (Å²) < 4.78 is 37.8. The molecule has 4 aromatic heterocycles. The second-order valence-electron chi connectivity index (χ2n) is 10.9. The Morgan fingerprint density at radius 2 is 2.09 bits per heavy atom. The molecule has 0 saturated carbocycles. The maximum atomic E-state index is 13.7. The van der Waals surface area contributed by atoms with Crippen LogP contribution in [0.3, 0.4) is 0 Å². The molecule has 0 N–H and O–H groups in total. The smallest absolute Gasteiger partial charge is 0.348 e. The monoisotopic (exact) mass is 621 g/mol. The molecule has 1 aromatic carbocycles. The minimum atomic E-state index is -0.684. The van der Waals surface area contributed by atoms with E-state index in [2.05, 4.69) is 10.6 Å². The van der Waals surface area contributed by atoms with E-state index >= 15 is 0 Å². The van der Waals surface area contributed by atoms with Crippen molar-refractivity contribution < 1.29 is 27.8 Å². The van der Waals surface area contributed by atoms with Crippen LogP contribution in [0.25, 0.3) is 26.9 Å². The number of benzene rings is 1. The van der Waals surface area contributed by atoms with Gasteiger partial charge in [-0.3, -0.25) is 0 Å². The molecule has 2 aliphatic rings. The average Bonchev–Trinajstić information content (AvgIpc) is 3.68. The third-order valence-electron chi connectivity index (χ3n) is 8.19. The van der Waals surface area contributed by atoms with Crippen LogP contribution in [0, 0.1) is 11.9 Å². The third kappa shape index (κ3) is 5.67. The molecule has 0 amide bonds. The lowest BCUT2D eigenvalue weighted by molar-refractivity contribution is -0.0590. The fraction of sp³-hybridized carbons (Fsp3) is 0.344. The molecule has 43 heavy (non-hydrogen) atoms. The van der Waals surface area contributed by atoms with Crippen molar-refractivity contribution in [2.45, 2.75) is 51.4 Å². The van der Waals surface area contributed by atoms with Gasteiger partial charge in [-0.25, -0.2) is 14.8 Å². The number of halogens is 2. The highest BCUT2D eigenvalue weighted by Crippen LogP contribution is 2.35. The molecule has 0 spiro atoms. The lowest BCUT2D eigenvalue weighted by Gasteiger charge is -2.28. The summed E-state index contributed by atoms with van der Waals surface area (Å²) in [7, 11) is 1.40. The summed E-state index contributed by atoms with van der Waals surface area (Å²) in [5.41, 5.74) is 4.13. The van der Waals surface area contributed by atoms with Crippen molar-refractivity contribution >= 4 is 55.8 Å². The molecule has 11 heteroatoms. The predicted molar refractivity (Wildman–Crippen MR) is 162 cm³/mol. The number of carbonyl (C=O) groups excluding carboxylic acids is 1. The van der Waals surface area contributed by atoms with Crippen LogP contribution in [0.2, 0.25) is 5.02 Å². The molecule has 1 aliphatic carbocycles. The van der Waals surface area contributed by atoms with Crippen LogP contribution in [-0.4, -0.2) is 40.3 Å². The van der Waals surface area contributed by atoms with Crippen LogP contribution >= 0.6 is 22.9 Å². The van der Waals surface area contributed by atoms with E-state index in [1.807, 2.05) is 24.3 Å². The first-order valence-corrected chi connectivity index (χ1v) is 15.5. The molecule has 5 aromatic rings. The number of hydrogen-bond donors (Lipinski definition) is 0. The molecule has 7 rings (SSSR count). The van der Waals surface area contributed by atoms with Crippen LogP contribution in [0.5, 0.6) is 5.88 Å². The number of allylic oxidation sites excluding steroid dienone is 2. The van der Waals surface area contributed by atoms with Crippen LogP contribution in [-0.2, 0) is 29.0 Å². The number of nitrogens with zero attached hydrogens (tertiary/aromatic N) is 3. The van der Waals surface area contributed by atoms with Crippen molar-refractivity contribution in [3.63, 3.8) is 0 Å². The van der Waals surface area contributed by atoms with Gasteiger partial charge in [-0.1, -0.05) is 29.8 Å². The molecule has 1 unspecified atom stereocenters. The number of pyridine rings is 1. The summed E-state index contributed by atoms with van der Waals surface area (Å²) in [5, 5.41) is 0.950. The molecule has 0 radical (unpaired) electrons. The SMILES string of the molecule is COC(=O)c1cc2c(nc(CC3CC=C(c4cccc(OCc5ccc(Cl)c6cc(F)oc56)n4)CC3)n2C[C@@H]2CCO2)s1. The van der Waals surface area contributed by atoms with Gasteiger partial charge in [0, 0.05) is 36.1 Å². The lowest BCUT2D eigenvalue weighted by Crippen LogP contribution is -2.32. The third-order valence-corrected chi connectivity index (χ3v) is 9.52. The van der Waals surface area contributed by atoms with E-state index in [1.165, 1.54) is 30.1 Å². The fourth-order valence-electron chi connectivity index (χ4n) is 5.78. The number of aromatic nitrogens is 3. The Kier molecular flexibility index (Phi) is 7.67. The summed E-state index contributed by atoms with van der Waals surface area (Å²) in [6.07, 6.45) is 7.17. The van der Waals surface area contributed by atoms with Gasteiger partial charge in [-0.15, -0.1) is 11.3 Å². The lowest BCUT2D eigenvalue weighted by atomic mass is 9.86. The van der Waals surface area contributed by atoms with Gasteiger partial charge in [0.05, 0.1) is 36.0 Å². The maximum absolute atomic E-state index is 13.7. The zero-order chi connectivity index (χ0) is 29.5. The summed E-state index contributed by atoms with van der Waals surface area (Å²) in [5.74, 6) is 1.64. The highest BCUT2D eigenvalue weighted by atomic mass is 35.5. The van der Waals surface area contributed by atoms with Crippen molar-refractivity contribution in [3.05, 3.63) is 81.5 Å². The van der Waals surface area contributed by atoms with Crippen LogP contribution in [0.15, 0.2) is 53.0 Å². The molecular weight excluding hydrogens is 593 g/mol. The predicted octanol–water partition coefficient (Wildman–Crippen LogP) is 7.61. The average molecular weight is 622 g/mol. The van der Waals surface area contributed by atoms with Gasteiger partial charge in [0.1, 0.15) is 27.7 Å². The number of hydrogen-bond acceptors (Lipinski definition) is 8. The summed E-state index contributed by atoms with van der Waals surface area (Å²) in [6.45, 7) is 1.71. The number of methoxy groups -OCH3 is 1. The number of esters is 1. The van der Waals surface area contributed by atoms with E-state index < -0.39 is 6.01 Å². The van der Waals surface area contributed by atoms with Crippen molar-refractivity contribution in [2.75, 3.05) is 13.7 Å². The molecule has 5 heterocycles. The second kappa shape index (κ2) is 11.7. The van der Waals surface area contributed by atoms with E-state index in [1.54, 1.807) is 12.1 Å². The number of rotatable bonds is 9. The molecule has 1 aliphatic heterocycles. The molecule has 0 bridgehead atoms.